The van der Waals surface area contributed by atoms with E-state index in [4.69, 9.17) is 14.2 Å². The van der Waals surface area contributed by atoms with Crippen LogP contribution in [-0.2, 0) is 14.2 Å². The predicted molar refractivity (Wildman–Crippen MR) is 45.7 cm³/mol. The summed E-state index contributed by atoms with van der Waals surface area (Å²) in [6.07, 6.45) is 4.41. The summed E-state index contributed by atoms with van der Waals surface area (Å²) in [5.41, 5.74) is 0. The Kier molecular flexibility index (Phi) is 4.29. The molecule has 1 rings (SSSR count). The molecule has 0 amide bonds. The minimum Gasteiger partial charge on any atom is -0.352 e. The molecule has 3 nitrogen and oxygen atoms in total. The van der Waals surface area contributed by atoms with E-state index >= 15 is 0 Å². The molecule has 1 aliphatic rings. The second-order valence-electron chi connectivity index (χ2n) is 2.51. The van der Waals surface area contributed by atoms with Gasteiger partial charge in [0.1, 0.15) is 0 Å². The molecule has 1 aliphatic heterocycles. The summed E-state index contributed by atoms with van der Waals surface area (Å²) >= 11 is 0. The summed E-state index contributed by atoms with van der Waals surface area (Å²) in [6.45, 7) is 5.24. The average molecular weight is 172 g/mol. The van der Waals surface area contributed by atoms with Crippen molar-refractivity contribution in [3.8, 4) is 0 Å². The highest BCUT2D eigenvalue weighted by atomic mass is 16.8. The van der Waals surface area contributed by atoms with E-state index in [1.807, 2.05) is 26.0 Å². The van der Waals surface area contributed by atoms with Gasteiger partial charge in [0, 0.05) is 19.6 Å². The largest absolute Gasteiger partial charge is 0.352 e. The van der Waals surface area contributed by atoms with Gasteiger partial charge < -0.3 is 14.2 Å². The van der Waals surface area contributed by atoms with Crippen LogP contribution in [0.1, 0.15) is 20.3 Å². The van der Waals surface area contributed by atoms with Crippen LogP contribution < -0.4 is 0 Å². The Morgan fingerprint density at radius 3 is 2.75 bits per heavy atom. The van der Waals surface area contributed by atoms with Crippen LogP contribution in [0.25, 0.3) is 0 Å². The van der Waals surface area contributed by atoms with Gasteiger partial charge in [-0.25, -0.2) is 0 Å². The standard InChI is InChI=1S/C9H16O3/c1-3-10-8-6-5-7-9(12-8)11-4-2/h5-6,8-9H,3-4,7H2,1-2H3. The van der Waals surface area contributed by atoms with Gasteiger partial charge in [0.2, 0.25) is 0 Å². The Morgan fingerprint density at radius 1 is 1.33 bits per heavy atom. The highest BCUT2D eigenvalue weighted by molar-refractivity contribution is 4.90. The van der Waals surface area contributed by atoms with E-state index in [9.17, 15) is 0 Å². The molecule has 0 aromatic heterocycles. The second kappa shape index (κ2) is 5.30. The van der Waals surface area contributed by atoms with Crippen LogP contribution in [0.3, 0.4) is 0 Å². The summed E-state index contributed by atoms with van der Waals surface area (Å²) in [4.78, 5) is 0. The Hall–Kier alpha value is -0.380. The maximum Gasteiger partial charge on any atom is 0.179 e. The lowest BCUT2D eigenvalue weighted by Gasteiger charge is -2.25. The maximum atomic E-state index is 5.44. The quantitative estimate of drug-likeness (QED) is 0.604. The monoisotopic (exact) mass is 172 g/mol. The van der Waals surface area contributed by atoms with Crippen LogP contribution in [0.4, 0.5) is 0 Å². The fourth-order valence-electron chi connectivity index (χ4n) is 1.10. The summed E-state index contributed by atoms with van der Waals surface area (Å²) in [7, 11) is 0. The minimum atomic E-state index is -0.222. The molecule has 0 bridgehead atoms. The Labute approximate surface area is 73.3 Å². The molecule has 0 spiro atoms. The number of hydrogen-bond donors (Lipinski definition) is 0. The average Bonchev–Trinajstić information content (AvgIpc) is 2.06. The molecular weight excluding hydrogens is 156 g/mol. The zero-order valence-corrected chi connectivity index (χ0v) is 7.66. The lowest BCUT2D eigenvalue weighted by atomic mass is 10.3. The van der Waals surface area contributed by atoms with Crippen LogP contribution in [-0.4, -0.2) is 25.8 Å². The van der Waals surface area contributed by atoms with Crippen LogP contribution in [0.15, 0.2) is 12.2 Å². The van der Waals surface area contributed by atoms with Crippen LogP contribution in [0, 0.1) is 0 Å². The number of rotatable bonds is 4. The molecule has 2 atom stereocenters. The molecule has 2 unspecified atom stereocenters. The molecule has 3 heteroatoms. The summed E-state index contributed by atoms with van der Waals surface area (Å²) in [5.74, 6) is 0. The predicted octanol–water partition coefficient (Wildman–Crippen LogP) is 1.69. The highest BCUT2D eigenvalue weighted by Crippen LogP contribution is 2.13. The molecule has 12 heavy (non-hydrogen) atoms. The van der Waals surface area contributed by atoms with Gasteiger partial charge in [-0.05, 0) is 19.9 Å². The Morgan fingerprint density at radius 2 is 2.08 bits per heavy atom. The van der Waals surface area contributed by atoms with Crippen molar-refractivity contribution in [1.82, 2.24) is 0 Å². The molecule has 0 saturated heterocycles. The van der Waals surface area contributed by atoms with Gasteiger partial charge in [-0.15, -0.1) is 0 Å². The van der Waals surface area contributed by atoms with E-state index in [0.29, 0.717) is 13.2 Å². The number of hydrogen-bond acceptors (Lipinski definition) is 3. The van der Waals surface area contributed by atoms with E-state index in [0.717, 1.165) is 6.42 Å². The van der Waals surface area contributed by atoms with Crippen molar-refractivity contribution in [2.45, 2.75) is 32.8 Å². The molecule has 0 N–H and O–H groups in total. The molecule has 0 fully saturated rings. The molecular formula is C9H16O3. The lowest BCUT2D eigenvalue weighted by molar-refractivity contribution is -0.228. The van der Waals surface area contributed by atoms with Gasteiger partial charge >= 0.3 is 0 Å². The van der Waals surface area contributed by atoms with Crippen LogP contribution >= 0.6 is 0 Å². The van der Waals surface area contributed by atoms with E-state index in [1.54, 1.807) is 0 Å². The van der Waals surface area contributed by atoms with Crippen molar-refractivity contribution in [3.63, 3.8) is 0 Å². The molecule has 0 aliphatic carbocycles. The zero-order valence-electron chi connectivity index (χ0n) is 7.66. The summed E-state index contributed by atoms with van der Waals surface area (Å²) in [5, 5.41) is 0. The van der Waals surface area contributed by atoms with Crippen molar-refractivity contribution in [2.24, 2.45) is 0 Å². The Bertz CT molecular complexity index is 145. The van der Waals surface area contributed by atoms with Crippen LogP contribution in [0.5, 0.6) is 0 Å². The fraction of sp³-hybridized carbons (Fsp3) is 0.778. The smallest absolute Gasteiger partial charge is 0.179 e. The minimum absolute atomic E-state index is 0.128. The summed E-state index contributed by atoms with van der Waals surface area (Å²) < 4.78 is 16.0. The lowest BCUT2D eigenvalue weighted by Crippen LogP contribution is -2.28. The van der Waals surface area contributed by atoms with E-state index in [2.05, 4.69) is 0 Å². The molecule has 0 saturated carbocycles. The van der Waals surface area contributed by atoms with Crippen molar-refractivity contribution >= 4 is 0 Å². The SMILES string of the molecule is CCOC1C=CCC(OCC)O1. The third-order valence-electron chi connectivity index (χ3n) is 1.59. The van der Waals surface area contributed by atoms with Crippen molar-refractivity contribution < 1.29 is 14.2 Å². The first-order chi connectivity index (χ1) is 5.86. The maximum absolute atomic E-state index is 5.44. The third-order valence-corrected chi connectivity index (χ3v) is 1.59. The molecule has 0 aromatic rings. The van der Waals surface area contributed by atoms with Gasteiger partial charge in [-0.1, -0.05) is 6.08 Å². The first kappa shape index (κ1) is 9.71. The van der Waals surface area contributed by atoms with Gasteiger partial charge in [0.15, 0.2) is 12.6 Å². The van der Waals surface area contributed by atoms with Gasteiger partial charge in [0.25, 0.3) is 0 Å². The molecule has 70 valence electrons. The third kappa shape index (κ3) is 2.93. The van der Waals surface area contributed by atoms with Gasteiger partial charge in [-0.2, -0.15) is 0 Å². The zero-order chi connectivity index (χ0) is 8.81. The normalized spacial score (nSPS) is 29.2. The second-order valence-corrected chi connectivity index (χ2v) is 2.51. The van der Waals surface area contributed by atoms with Crippen molar-refractivity contribution in [3.05, 3.63) is 12.2 Å². The first-order valence-electron chi connectivity index (χ1n) is 4.42. The molecule has 0 radical (unpaired) electrons. The van der Waals surface area contributed by atoms with E-state index in [1.165, 1.54) is 0 Å². The van der Waals surface area contributed by atoms with Crippen molar-refractivity contribution in [2.75, 3.05) is 13.2 Å². The van der Waals surface area contributed by atoms with E-state index in [-0.39, 0.29) is 12.6 Å². The van der Waals surface area contributed by atoms with Gasteiger partial charge in [0.05, 0.1) is 0 Å². The first-order valence-corrected chi connectivity index (χ1v) is 4.42. The topological polar surface area (TPSA) is 27.7 Å². The molecule has 1 heterocycles. The Balaban J connectivity index is 2.29. The fourth-order valence-corrected chi connectivity index (χ4v) is 1.10. The van der Waals surface area contributed by atoms with Crippen molar-refractivity contribution in [1.29, 1.82) is 0 Å². The highest BCUT2D eigenvalue weighted by Gasteiger charge is 2.17. The summed E-state index contributed by atoms with van der Waals surface area (Å²) in [6, 6.07) is 0. The van der Waals surface area contributed by atoms with Gasteiger partial charge in [-0.3, -0.25) is 0 Å². The van der Waals surface area contributed by atoms with Crippen LogP contribution in [0.2, 0.25) is 0 Å². The molecule has 0 aromatic carbocycles. The van der Waals surface area contributed by atoms with E-state index < -0.39 is 0 Å². The number of ether oxygens (including phenoxy) is 3.